The first-order valence-corrected chi connectivity index (χ1v) is 8.33. The lowest BCUT2D eigenvalue weighted by Gasteiger charge is -2.27. The number of carbonyl (C=O) groups is 3. The molecule has 0 aliphatic rings. The highest BCUT2D eigenvalue weighted by atomic mass is 19.1. The predicted molar refractivity (Wildman–Crippen MR) is 93.4 cm³/mol. The molecule has 8 heteroatoms. The Labute approximate surface area is 151 Å². The SMILES string of the molecule is CC(C)NC(=O)CN(C)C(=O)C(NC(=O)c1c(F)cccc1F)C(C)C. The molecule has 0 radical (unpaired) electrons. The Morgan fingerprint density at radius 2 is 1.58 bits per heavy atom. The van der Waals surface area contributed by atoms with Crippen LogP contribution >= 0.6 is 0 Å². The van der Waals surface area contributed by atoms with Crippen LogP contribution in [0.3, 0.4) is 0 Å². The van der Waals surface area contributed by atoms with Gasteiger partial charge in [-0.15, -0.1) is 0 Å². The summed E-state index contributed by atoms with van der Waals surface area (Å²) in [5, 5.41) is 5.03. The van der Waals surface area contributed by atoms with Crippen LogP contribution in [-0.4, -0.2) is 48.3 Å². The van der Waals surface area contributed by atoms with Crippen LogP contribution in [0.4, 0.5) is 8.78 Å². The predicted octanol–water partition coefficient (Wildman–Crippen LogP) is 1.70. The standard InChI is InChI=1S/C18H25F2N3O3/c1-10(2)16(18(26)23(5)9-14(24)21-11(3)4)22-17(25)15-12(19)7-6-8-13(15)20/h6-8,10-11,16H,9H2,1-5H3,(H,21,24)(H,22,25). The molecule has 0 spiro atoms. The molecule has 26 heavy (non-hydrogen) atoms. The zero-order valence-corrected chi connectivity index (χ0v) is 15.6. The molecule has 0 fully saturated rings. The number of nitrogens with zero attached hydrogens (tertiary/aromatic N) is 1. The van der Waals surface area contributed by atoms with Gasteiger partial charge in [0.05, 0.1) is 6.54 Å². The summed E-state index contributed by atoms with van der Waals surface area (Å²) in [7, 11) is 1.42. The highest BCUT2D eigenvalue weighted by Crippen LogP contribution is 2.14. The van der Waals surface area contributed by atoms with Gasteiger partial charge in [0, 0.05) is 13.1 Å². The fourth-order valence-electron chi connectivity index (χ4n) is 2.34. The molecule has 0 saturated heterocycles. The van der Waals surface area contributed by atoms with Gasteiger partial charge in [-0.3, -0.25) is 14.4 Å². The van der Waals surface area contributed by atoms with Gasteiger partial charge in [-0.1, -0.05) is 19.9 Å². The minimum absolute atomic E-state index is 0.0735. The van der Waals surface area contributed by atoms with Gasteiger partial charge in [-0.2, -0.15) is 0 Å². The Balaban J connectivity index is 2.90. The molecule has 3 amide bonds. The Hall–Kier alpha value is -2.51. The van der Waals surface area contributed by atoms with Gasteiger partial charge in [-0.05, 0) is 31.9 Å². The average molecular weight is 369 g/mol. The monoisotopic (exact) mass is 369 g/mol. The van der Waals surface area contributed by atoms with E-state index in [0.717, 1.165) is 18.2 Å². The zero-order chi connectivity index (χ0) is 20.0. The number of rotatable bonds is 7. The summed E-state index contributed by atoms with van der Waals surface area (Å²) in [6.07, 6.45) is 0. The topological polar surface area (TPSA) is 78.5 Å². The van der Waals surface area contributed by atoms with Gasteiger partial charge in [0.25, 0.3) is 5.91 Å². The summed E-state index contributed by atoms with van der Waals surface area (Å²) in [6, 6.07) is 1.97. The molecule has 0 heterocycles. The number of benzene rings is 1. The third-order valence-electron chi connectivity index (χ3n) is 3.62. The Morgan fingerprint density at radius 3 is 2.04 bits per heavy atom. The van der Waals surface area contributed by atoms with Gasteiger partial charge in [0.2, 0.25) is 11.8 Å². The summed E-state index contributed by atoms with van der Waals surface area (Å²) in [5.74, 6) is -4.26. The molecule has 1 rings (SSSR count). The Morgan fingerprint density at radius 1 is 1.04 bits per heavy atom. The van der Waals surface area contributed by atoms with Crippen molar-refractivity contribution in [3.8, 4) is 0 Å². The number of likely N-dealkylation sites (N-methyl/N-ethyl adjacent to an activating group) is 1. The molecule has 0 aliphatic carbocycles. The first kappa shape index (κ1) is 21.5. The zero-order valence-electron chi connectivity index (χ0n) is 15.6. The maximum absolute atomic E-state index is 13.8. The van der Waals surface area contributed by atoms with Crippen molar-refractivity contribution in [3.63, 3.8) is 0 Å². The maximum Gasteiger partial charge on any atom is 0.257 e. The molecule has 1 unspecified atom stereocenters. The second kappa shape index (κ2) is 9.26. The number of hydrogen-bond donors (Lipinski definition) is 2. The second-order valence-corrected chi connectivity index (χ2v) is 6.71. The van der Waals surface area contributed by atoms with Crippen LogP contribution in [0.25, 0.3) is 0 Å². The molecule has 0 saturated carbocycles. The molecule has 144 valence electrons. The summed E-state index contributed by atoms with van der Waals surface area (Å²) < 4.78 is 27.5. The van der Waals surface area contributed by atoms with Crippen LogP contribution in [0.1, 0.15) is 38.1 Å². The van der Waals surface area contributed by atoms with E-state index in [2.05, 4.69) is 10.6 Å². The van der Waals surface area contributed by atoms with Gasteiger partial charge < -0.3 is 15.5 Å². The van der Waals surface area contributed by atoms with Gasteiger partial charge in [0.15, 0.2) is 0 Å². The van der Waals surface area contributed by atoms with E-state index in [1.807, 2.05) is 0 Å². The number of hydrogen-bond acceptors (Lipinski definition) is 3. The molecular formula is C18H25F2N3O3. The number of carbonyl (C=O) groups excluding carboxylic acids is 3. The number of halogens is 2. The van der Waals surface area contributed by atoms with Crippen molar-refractivity contribution in [1.82, 2.24) is 15.5 Å². The van der Waals surface area contributed by atoms with E-state index in [1.54, 1.807) is 27.7 Å². The highest BCUT2D eigenvalue weighted by molar-refractivity contribution is 5.98. The minimum Gasteiger partial charge on any atom is -0.352 e. The van der Waals surface area contributed by atoms with Gasteiger partial charge in [-0.25, -0.2) is 8.78 Å². The first-order valence-electron chi connectivity index (χ1n) is 8.33. The molecule has 0 bridgehead atoms. The van der Waals surface area contributed by atoms with Crippen molar-refractivity contribution in [2.24, 2.45) is 5.92 Å². The molecule has 0 aliphatic heterocycles. The highest BCUT2D eigenvalue weighted by Gasteiger charge is 2.30. The lowest BCUT2D eigenvalue weighted by atomic mass is 10.0. The summed E-state index contributed by atoms with van der Waals surface area (Å²) in [6.45, 7) is 6.76. The van der Waals surface area contributed by atoms with Crippen LogP contribution in [0.15, 0.2) is 18.2 Å². The van der Waals surface area contributed by atoms with E-state index >= 15 is 0 Å². The van der Waals surface area contributed by atoms with Gasteiger partial charge in [0.1, 0.15) is 23.2 Å². The van der Waals surface area contributed by atoms with Crippen molar-refractivity contribution in [1.29, 1.82) is 0 Å². The normalized spacial score (nSPS) is 12.0. The molecule has 6 nitrogen and oxygen atoms in total. The van der Waals surface area contributed by atoms with Crippen molar-refractivity contribution in [2.45, 2.75) is 39.8 Å². The third kappa shape index (κ3) is 5.79. The van der Waals surface area contributed by atoms with Crippen LogP contribution < -0.4 is 10.6 Å². The quantitative estimate of drug-likeness (QED) is 0.768. The van der Waals surface area contributed by atoms with Crippen LogP contribution in [-0.2, 0) is 9.59 Å². The van der Waals surface area contributed by atoms with Crippen LogP contribution in [0.2, 0.25) is 0 Å². The average Bonchev–Trinajstić information content (AvgIpc) is 2.50. The second-order valence-electron chi connectivity index (χ2n) is 6.71. The van der Waals surface area contributed by atoms with Crippen LogP contribution in [0, 0.1) is 17.6 Å². The van der Waals surface area contributed by atoms with E-state index in [1.165, 1.54) is 11.9 Å². The largest absolute Gasteiger partial charge is 0.352 e. The van der Waals surface area contributed by atoms with Crippen LogP contribution in [0.5, 0.6) is 0 Å². The molecular weight excluding hydrogens is 344 g/mol. The van der Waals surface area contributed by atoms with E-state index in [-0.39, 0.29) is 24.4 Å². The summed E-state index contributed by atoms with van der Waals surface area (Å²) in [5.41, 5.74) is -0.744. The molecule has 2 N–H and O–H groups in total. The van der Waals surface area contributed by atoms with E-state index in [4.69, 9.17) is 0 Å². The molecule has 0 aromatic heterocycles. The minimum atomic E-state index is -1.03. The van der Waals surface area contributed by atoms with Gasteiger partial charge >= 0.3 is 0 Å². The fourth-order valence-corrected chi connectivity index (χ4v) is 2.34. The molecule has 1 aromatic carbocycles. The Bertz CT molecular complexity index is 657. The first-order chi connectivity index (χ1) is 12.0. The van der Waals surface area contributed by atoms with E-state index in [9.17, 15) is 23.2 Å². The smallest absolute Gasteiger partial charge is 0.257 e. The maximum atomic E-state index is 13.8. The molecule has 1 atom stereocenters. The number of amides is 3. The third-order valence-corrected chi connectivity index (χ3v) is 3.62. The van der Waals surface area contributed by atoms with Crippen molar-refractivity contribution in [3.05, 3.63) is 35.4 Å². The summed E-state index contributed by atoms with van der Waals surface area (Å²) in [4.78, 5) is 37.8. The fraction of sp³-hybridized carbons (Fsp3) is 0.500. The van der Waals surface area contributed by atoms with E-state index in [0.29, 0.717) is 0 Å². The molecule has 1 aromatic rings. The Kier molecular flexibility index (Phi) is 7.67. The number of nitrogens with one attached hydrogen (secondary N) is 2. The summed E-state index contributed by atoms with van der Waals surface area (Å²) >= 11 is 0. The van der Waals surface area contributed by atoms with Crippen molar-refractivity contribution in [2.75, 3.05) is 13.6 Å². The lowest BCUT2D eigenvalue weighted by Crippen LogP contribution is -2.52. The van der Waals surface area contributed by atoms with Crippen molar-refractivity contribution >= 4 is 17.7 Å². The van der Waals surface area contributed by atoms with E-state index < -0.39 is 35.1 Å². The lowest BCUT2D eigenvalue weighted by molar-refractivity contribution is -0.137. The van der Waals surface area contributed by atoms with Crippen molar-refractivity contribution < 1.29 is 23.2 Å².